The van der Waals surface area contributed by atoms with E-state index in [1.165, 1.54) is 23.4 Å². The molecule has 3 rings (SSSR count). The molecule has 1 aromatic carbocycles. The zero-order valence-corrected chi connectivity index (χ0v) is 13.9. The van der Waals surface area contributed by atoms with Crippen molar-refractivity contribution >= 4 is 10.1 Å². The molecule has 1 saturated heterocycles. The van der Waals surface area contributed by atoms with Crippen LogP contribution in [0.4, 0.5) is 8.78 Å². The maximum atomic E-state index is 14.3. The Morgan fingerprint density at radius 3 is 2.88 bits per heavy atom. The maximum absolute atomic E-state index is 14.3. The van der Waals surface area contributed by atoms with Crippen LogP contribution in [0.25, 0.3) is 0 Å². The molecule has 2 aromatic rings. The molecule has 25 heavy (non-hydrogen) atoms. The molecule has 0 saturated carbocycles. The van der Waals surface area contributed by atoms with Crippen LogP contribution < -0.4 is 0 Å². The minimum Gasteiger partial charge on any atom is -0.341 e. The van der Waals surface area contributed by atoms with Crippen LogP contribution in [0.3, 0.4) is 0 Å². The SMILES string of the molecule is CS(=O)(=O)OC[C@@H]1CO[C@@](Cn2cncn2)(c2ccc(F)cc2F)O1. The van der Waals surface area contributed by atoms with E-state index in [0.717, 1.165) is 12.3 Å². The van der Waals surface area contributed by atoms with Gasteiger partial charge in [0.2, 0.25) is 5.79 Å². The summed E-state index contributed by atoms with van der Waals surface area (Å²) in [6.07, 6.45) is 2.82. The Hall–Kier alpha value is -1.95. The van der Waals surface area contributed by atoms with Crippen LogP contribution in [0.1, 0.15) is 5.56 Å². The van der Waals surface area contributed by atoms with Crippen molar-refractivity contribution in [2.45, 2.75) is 18.4 Å². The number of benzene rings is 1. The van der Waals surface area contributed by atoms with Gasteiger partial charge in [0.15, 0.2) is 0 Å². The van der Waals surface area contributed by atoms with Crippen molar-refractivity contribution in [2.75, 3.05) is 19.5 Å². The van der Waals surface area contributed by atoms with Crippen LogP contribution in [0.5, 0.6) is 0 Å². The average Bonchev–Trinajstić information content (AvgIpc) is 3.15. The van der Waals surface area contributed by atoms with Crippen molar-refractivity contribution < 1.29 is 30.9 Å². The van der Waals surface area contributed by atoms with Crippen LogP contribution in [0.2, 0.25) is 0 Å². The lowest BCUT2D eigenvalue weighted by molar-refractivity contribution is -0.192. The summed E-state index contributed by atoms with van der Waals surface area (Å²) in [5.41, 5.74) is -0.0359. The summed E-state index contributed by atoms with van der Waals surface area (Å²) in [7, 11) is -3.66. The fraction of sp³-hybridized carbons (Fsp3) is 0.429. The van der Waals surface area contributed by atoms with Gasteiger partial charge >= 0.3 is 0 Å². The Balaban J connectivity index is 1.88. The van der Waals surface area contributed by atoms with Crippen molar-refractivity contribution in [3.05, 3.63) is 48.1 Å². The van der Waals surface area contributed by atoms with Crippen molar-refractivity contribution in [3.8, 4) is 0 Å². The molecular weight excluding hydrogens is 360 g/mol. The van der Waals surface area contributed by atoms with Gasteiger partial charge in [-0.2, -0.15) is 13.5 Å². The van der Waals surface area contributed by atoms with Crippen LogP contribution in [-0.2, 0) is 36.1 Å². The Labute approximate surface area is 142 Å². The summed E-state index contributed by atoms with van der Waals surface area (Å²) in [6.45, 7) is -0.396. The zero-order chi connectivity index (χ0) is 18.1. The summed E-state index contributed by atoms with van der Waals surface area (Å²) in [5.74, 6) is -3.21. The fourth-order valence-electron chi connectivity index (χ4n) is 2.48. The van der Waals surface area contributed by atoms with Gasteiger partial charge in [-0.05, 0) is 12.1 Å². The molecule has 0 aliphatic carbocycles. The summed E-state index contributed by atoms with van der Waals surface area (Å²) >= 11 is 0. The van der Waals surface area contributed by atoms with Gasteiger partial charge in [-0.25, -0.2) is 18.4 Å². The third-order valence-corrected chi connectivity index (χ3v) is 4.07. The lowest BCUT2D eigenvalue weighted by atomic mass is 10.0. The highest BCUT2D eigenvalue weighted by Crippen LogP contribution is 2.37. The van der Waals surface area contributed by atoms with E-state index < -0.39 is 33.6 Å². The molecular formula is C14H15F2N3O5S. The van der Waals surface area contributed by atoms with E-state index in [4.69, 9.17) is 13.7 Å². The van der Waals surface area contributed by atoms with Crippen LogP contribution >= 0.6 is 0 Å². The van der Waals surface area contributed by atoms with Crippen molar-refractivity contribution in [1.29, 1.82) is 0 Å². The van der Waals surface area contributed by atoms with E-state index >= 15 is 0 Å². The molecule has 1 aromatic heterocycles. The van der Waals surface area contributed by atoms with Gasteiger partial charge in [0.25, 0.3) is 10.1 Å². The number of rotatable bonds is 6. The molecule has 0 radical (unpaired) electrons. The Kier molecular flexibility index (Phi) is 4.82. The van der Waals surface area contributed by atoms with Crippen molar-refractivity contribution in [3.63, 3.8) is 0 Å². The quantitative estimate of drug-likeness (QED) is 0.690. The first kappa shape index (κ1) is 17.9. The van der Waals surface area contributed by atoms with E-state index in [2.05, 4.69) is 10.1 Å². The van der Waals surface area contributed by atoms with Gasteiger partial charge in [0, 0.05) is 11.6 Å². The predicted octanol–water partition coefficient (Wildman–Crippen LogP) is 0.801. The maximum Gasteiger partial charge on any atom is 0.264 e. The number of hydrogen-bond acceptors (Lipinski definition) is 7. The highest BCUT2D eigenvalue weighted by atomic mass is 32.2. The standard InChI is InChI=1S/C14H15F2N3O5S/c1-25(20,21)23-6-11-5-22-14(24-11,7-19-9-17-8-18-19)12-3-2-10(15)4-13(12)16/h2-4,8-9,11H,5-7H2,1H3/t11-,14+/m0/s1. The molecule has 0 bridgehead atoms. The largest absolute Gasteiger partial charge is 0.341 e. The minimum absolute atomic E-state index is 0.0359. The smallest absolute Gasteiger partial charge is 0.264 e. The van der Waals surface area contributed by atoms with Crippen LogP contribution in [0.15, 0.2) is 30.9 Å². The number of aromatic nitrogens is 3. The third kappa shape index (κ3) is 4.18. The molecule has 1 fully saturated rings. The molecule has 2 heterocycles. The summed E-state index contributed by atoms with van der Waals surface area (Å²) in [5, 5.41) is 3.93. The second-order valence-corrected chi connectivity index (χ2v) is 7.15. The molecule has 1 aliphatic heterocycles. The number of halogens is 2. The second-order valence-electron chi connectivity index (χ2n) is 5.51. The molecule has 0 spiro atoms. The van der Waals surface area contributed by atoms with Crippen LogP contribution in [-0.4, -0.2) is 48.8 Å². The second kappa shape index (κ2) is 6.75. The van der Waals surface area contributed by atoms with E-state index in [1.54, 1.807) is 0 Å². The first-order valence-corrected chi connectivity index (χ1v) is 9.03. The average molecular weight is 375 g/mol. The lowest BCUT2D eigenvalue weighted by Gasteiger charge is -2.28. The monoisotopic (exact) mass is 375 g/mol. The van der Waals surface area contributed by atoms with Crippen molar-refractivity contribution in [2.24, 2.45) is 0 Å². The third-order valence-electron chi connectivity index (χ3n) is 3.51. The molecule has 2 atom stereocenters. The van der Waals surface area contributed by atoms with Crippen molar-refractivity contribution in [1.82, 2.24) is 14.8 Å². The summed E-state index contributed by atoms with van der Waals surface area (Å²) in [6, 6.07) is 3.00. The first-order chi connectivity index (χ1) is 11.8. The van der Waals surface area contributed by atoms with Gasteiger partial charge < -0.3 is 9.47 Å². The van der Waals surface area contributed by atoms with E-state index in [9.17, 15) is 17.2 Å². The lowest BCUT2D eigenvalue weighted by Crippen LogP contribution is -2.35. The predicted molar refractivity (Wildman–Crippen MR) is 79.7 cm³/mol. The van der Waals surface area contributed by atoms with Gasteiger partial charge in [-0.3, -0.25) is 4.18 Å². The normalized spacial score (nSPS) is 23.9. The number of nitrogens with zero attached hydrogens (tertiary/aromatic N) is 3. The molecule has 136 valence electrons. The zero-order valence-electron chi connectivity index (χ0n) is 13.1. The Morgan fingerprint density at radius 2 is 2.24 bits per heavy atom. The molecule has 11 heteroatoms. The minimum atomic E-state index is -3.66. The van der Waals surface area contributed by atoms with Gasteiger partial charge in [-0.1, -0.05) is 0 Å². The highest BCUT2D eigenvalue weighted by Gasteiger charge is 2.46. The molecule has 8 nitrogen and oxygen atoms in total. The first-order valence-electron chi connectivity index (χ1n) is 7.21. The van der Waals surface area contributed by atoms with Gasteiger partial charge in [0.05, 0.1) is 19.5 Å². The van der Waals surface area contributed by atoms with Crippen LogP contribution in [0, 0.1) is 11.6 Å². The molecule has 0 N–H and O–H groups in total. The van der Waals surface area contributed by atoms with E-state index in [1.807, 2.05) is 0 Å². The molecule has 1 aliphatic rings. The molecule has 0 unspecified atom stereocenters. The summed E-state index contributed by atoms with van der Waals surface area (Å²) < 4.78 is 67.3. The number of hydrogen-bond donors (Lipinski definition) is 0. The summed E-state index contributed by atoms with van der Waals surface area (Å²) in [4.78, 5) is 3.80. The van der Waals surface area contributed by atoms with Gasteiger partial charge in [0.1, 0.15) is 36.9 Å². The van der Waals surface area contributed by atoms with E-state index in [0.29, 0.717) is 6.07 Å². The Bertz CT molecular complexity index is 846. The molecule has 0 amide bonds. The van der Waals surface area contributed by atoms with Gasteiger partial charge in [-0.15, -0.1) is 0 Å². The van der Waals surface area contributed by atoms with E-state index in [-0.39, 0.29) is 25.3 Å². The number of ether oxygens (including phenoxy) is 2. The fourth-order valence-corrected chi connectivity index (χ4v) is 2.88. The highest BCUT2D eigenvalue weighted by molar-refractivity contribution is 7.85. The topological polar surface area (TPSA) is 92.5 Å². The Morgan fingerprint density at radius 1 is 1.44 bits per heavy atom.